The van der Waals surface area contributed by atoms with E-state index in [0.717, 1.165) is 0 Å². The average molecular weight is 662 g/mol. The van der Waals surface area contributed by atoms with Crippen molar-refractivity contribution in [2.45, 2.75) is 26.5 Å². The van der Waals surface area contributed by atoms with Gasteiger partial charge in [0.2, 0.25) is 0 Å². The molecule has 13 nitrogen and oxygen atoms in total. The van der Waals surface area contributed by atoms with Gasteiger partial charge in [-0.05, 0) is 55.3 Å². The Labute approximate surface area is 276 Å². The van der Waals surface area contributed by atoms with Gasteiger partial charge in [0.05, 0.1) is 55.3 Å². The van der Waals surface area contributed by atoms with Gasteiger partial charge in [-0.15, -0.1) is 0 Å². The Morgan fingerprint density at radius 3 is 2.55 bits per heavy atom. The number of hydrogen-bond acceptors (Lipinski definition) is 10. The summed E-state index contributed by atoms with van der Waals surface area (Å²) in [6.45, 7) is 3.18. The highest BCUT2D eigenvalue weighted by molar-refractivity contribution is 6.32. The van der Waals surface area contributed by atoms with Crippen molar-refractivity contribution in [2.24, 2.45) is 5.10 Å². The molecule has 3 amide bonds. The highest BCUT2D eigenvalue weighted by Gasteiger charge is 2.32. The van der Waals surface area contributed by atoms with Gasteiger partial charge in [0.25, 0.3) is 5.91 Å². The molecule has 0 aliphatic carbocycles. The third kappa shape index (κ3) is 8.50. The van der Waals surface area contributed by atoms with Crippen molar-refractivity contribution in [1.29, 1.82) is 5.26 Å². The molecule has 3 aromatic carbocycles. The van der Waals surface area contributed by atoms with Gasteiger partial charge in [0, 0.05) is 11.3 Å². The number of nitrogens with one attached hydrogen (secondary N) is 3. The summed E-state index contributed by atoms with van der Waals surface area (Å²) < 4.78 is 27.6. The number of urea groups is 1. The van der Waals surface area contributed by atoms with Crippen LogP contribution in [0.4, 0.5) is 4.79 Å². The molecule has 244 valence electrons. The monoisotopic (exact) mass is 661 g/mol. The van der Waals surface area contributed by atoms with Crippen molar-refractivity contribution < 1.29 is 38.1 Å². The number of nitriles is 1. The minimum absolute atomic E-state index is 0.108. The number of benzene rings is 3. The van der Waals surface area contributed by atoms with Crippen molar-refractivity contribution in [3.63, 3.8) is 0 Å². The molecule has 0 radical (unpaired) electrons. The summed E-state index contributed by atoms with van der Waals surface area (Å²) in [6.07, 6.45) is 1.38. The van der Waals surface area contributed by atoms with E-state index in [-0.39, 0.29) is 35.3 Å². The van der Waals surface area contributed by atoms with Gasteiger partial charge in [0.15, 0.2) is 29.6 Å². The number of hydrogen-bond donors (Lipinski definition) is 3. The minimum atomic E-state index is -0.795. The number of ether oxygens (including phenoxy) is 5. The molecular weight excluding hydrogens is 630 g/mol. The van der Waals surface area contributed by atoms with E-state index in [1.54, 1.807) is 62.4 Å². The molecule has 4 rings (SSSR count). The number of halogens is 1. The van der Waals surface area contributed by atoms with Crippen LogP contribution < -0.4 is 35.0 Å². The third-order valence-electron chi connectivity index (χ3n) is 6.81. The van der Waals surface area contributed by atoms with Gasteiger partial charge in [-0.3, -0.25) is 4.79 Å². The molecule has 14 heteroatoms. The van der Waals surface area contributed by atoms with E-state index in [9.17, 15) is 19.6 Å². The Kier molecular flexibility index (Phi) is 11.6. The molecule has 1 heterocycles. The Morgan fingerprint density at radius 1 is 1.06 bits per heavy atom. The fraction of sp³-hybridized carbons (Fsp3) is 0.242. The first kappa shape index (κ1) is 34.1. The largest absolute Gasteiger partial charge is 0.493 e. The molecule has 0 fully saturated rings. The van der Waals surface area contributed by atoms with Crippen LogP contribution in [0.2, 0.25) is 5.02 Å². The Balaban J connectivity index is 1.38. The van der Waals surface area contributed by atoms with Gasteiger partial charge in [-0.1, -0.05) is 35.9 Å². The number of esters is 1. The van der Waals surface area contributed by atoms with E-state index in [0.29, 0.717) is 39.4 Å². The van der Waals surface area contributed by atoms with Crippen LogP contribution in [0.15, 0.2) is 71.0 Å². The lowest BCUT2D eigenvalue weighted by atomic mass is 9.95. The van der Waals surface area contributed by atoms with Crippen LogP contribution in [0.5, 0.6) is 23.0 Å². The maximum absolute atomic E-state index is 12.6. The maximum Gasteiger partial charge on any atom is 0.338 e. The Bertz CT molecular complexity index is 1770. The van der Waals surface area contributed by atoms with Gasteiger partial charge < -0.3 is 34.3 Å². The average Bonchev–Trinajstić information content (AvgIpc) is 3.06. The second kappa shape index (κ2) is 16.0. The van der Waals surface area contributed by atoms with Crippen LogP contribution in [0, 0.1) is 11.3 Å². The molecule has 1 atom stereocenters. The van der Waals surface area contributed by atoms with Crippen molar-refractivity contribution in [1.82, 2.24) is 16.1 Å². The van der Waals surface area contributed by atoms with Crippen LogP contribution in [0.1, 0.15) is 42.1 Å². The minimum Gasteiger partial charge on any atom is -0.493 e. The topological polar surface area (TPSA) is 170 Å². The highest BCUT2D eigenvalue weighted by atomic mass is 35.5. The van der Waals surface area contributed by atoms with E-state index < -0.39 is 30.6 Å². The van der Waals surface area contributed by atoms with Gasteiger partial charge in [0.1, 0.15) is 6.61 Å². The van der Waals surface area contributed by atoms with E-state index in [4.69, 9.17) is 35.3 Å². The molecule has 0 unspecified atom stereocenters. The number of carbonyl (C=O) groups excluding carboxylic acids is 3. The quantitative estimate of drug-likeness (QED) is 0.135. The summed E-state index contributed by atoms with van der Waals surface area (Å²) >= 11 is 6.45. The molecule has 1 aliphatic heterocycles. The van der Waals surface area contributed by atoms with E-state index in [1.165, 1.54) is 20.4 Å². The lowest BCUT2D eigenvalue weighted by molar-refractivity contribution is -0.139. The maximum atomic E-state index is 12.6. The lowest BCUT2D eigenvalue weighted by Gasteiger charge is -2.28. The number of nitrogens with zero attached hydrogens (tertiary/aromatic N) is 2. The van der Waals surface area contributed by atoms with Crippen LogP contribution in [-0.4, -0.2) is 51.6 Å². The summed E-state index contributed by atoms with van der Waals surface area (Å²) in [7, 11) is 2.88. The smallest absolute Gasteiger partial charge is 0.338 e. The molecule has 3 aromatic rings. The summed E-state index contributed by atoms with van der Waals surface area (Å²) in [5.41, 5.74) is 5.25. The van der Waals surface area contributed by atoms with E-state index >= 15 is 0 Å². The van der Waals surface area contributed by atoms with Crippen molar-refractivity contribution >= 4 is 35.7 Å². The first-order valence-electron chi connectivity index (χ1n) is 14.2. The van der Waals surface area contributed by atoms with Crippen LogP contribution in [0.25, 0.3) is 0 Å². The van der Waals surface area contributed by atoms with Crippen molar-refractivity contribution in [3.8, 4) is 29.1 Å². The number of allylic oxidation sites excluding steroid dienone is 1. The fourth-order valence-electron chi connectivity index (χ4n) is 4.62. The summed E-state index contributed by atoms with van der Waals surface area (Å²) in [5.74, 6) is 0.0218. The van der Waals surface area contributed by atoms with Crippen LogP contribution in [0.3, 0.4) is 0 Å². The van der Waals surface area contributed by atoms with Crippen molar-refractivity contribution in [2.75, 3.05) is 27.4 Å². The zero-order chi connectivity index (χ0) is 33.9. The number of rotatable bonds is 13. The van der Waals surface area contributed by atoms with Gasteiger partial charge >= 0.3 is 12.0 Å². The molecule has 0 spiro atoms. The molecule has 0 bridgehead atoms. The SMILES string of the molecule is CCOC(=O)C1=C(C)NC(=O)N[C@@H]1c1ccc(OCC(=O)N/N=C\c2cc(Cl)c(OCc3ccccc3C#N)c(OC)c2)c(OC)c1. The summed E-state index contributed by atoms with van der Waals surface area (Å²) in [6, 6.07) is 15.9. The normalized spacial score (nSPS) is 14.0. The molecule has 47 heavy (non-hydrogen) atoms. The van der Waals surface area contributed by atoms with Gasteiger partial charge in [-0.25, -0.2) is 15.0 Å². The third-order valence-corrected chi connectivity index (χ3v) is 7.09. The second-order valence-electron chi connectivity index (χ2n) is 9.87. The van der Waals surface area contributed by atoms with E-state index in [2.05, 4.69) is 27.2 Å². The van der Waals surface area contributed by atoms with Crippen LogP contribution >= 0.6 is 11.6 Å². The number of carbonyl (C=O) groups is 3. The van der Waals surface area contributed by atoms with Crippen molar-refractivity contribution in [3.05, 3.63) is 93.1 Å². The number of methoxy groups -OCH3 is 2. The lowest BCUT2D eigenvalue weighted by Crippen LogP contribution is -2.45. The highest BCUT2D eigenvalue weighted by Crippen LogP contribution is 2.37. The predicted molar refractivity (Wildman–Crippen MR) is 171 cm³/mol. The second-order valence-corrected chi connectivity index (χ2v) is 10.3. The molecular formula is C33H32ClN5O8. The Morgan fingerprint density at radius 2 is 1.83 bits per heavy atom. The number of amides is 3. The first-order chi connectivity index (χ1) is 22.7. The standard InChI is InChI=1S/C33H32ClN5O8/c1-5-45-32(41)29-19(2)37-33(42)38-30(29)21-10-11-25(26(14-21)43-3)46-18-28(40)39-36-16-20-12-24(34)31(27(13-20)44-4)47-17-23-9-7-6-8-22(23)15-35/h6-14,16,30H,5,17-18H2,1-4H3,(H,39,40)(H2,37,38,42)/b36-16-/t30-/m1/s1. The molecule has 3 N–H and O–H groups in total. The van der Waals surface area contributed by atoms with Crippen LogP contribution in [-0.2, 0) is 20.9 Å². The zero-order valence-electron chi connectivity index (χ0n) is 26.0. The number of hydrazone groups is 1. The predicted octanol–water partition coefficient (Wildman–Crippen LogP) is 4.53. The summed E-state index contributed by atoms with van der Waals surface area (Å²) in [5, 5.41) is 18.8. The molecule has 0 saturated carbocycles. The molecule has 0 saturated heterocycles. The van der Waals surface area contributed by atoms with E-state index in [1.807, 2.05) is 6.07 Å². The summed E-state index contributed by atoms with van der Waals surface area (Å²) in [4.78, 5) is 37.3. The van der Waals surface area contributed by atoms with Gasteiger partial charge in [-0.2, -0.15) is 10.4 Å². The molecule has 1 aliphatic rings. The molecule has 0 aromatic heterocycles. The fourth-order valence-corrected chi connectivity index (χ4v) is 4.89. The Hall–Kier alpha value is -5.74. The first-order valence-corrected chi connectivity index (χ1v) is 14.6. The zero-order valence-corrected chi connectivity index (χ0v) is 26.8.